The number of fused-ring (bicyclic) bond motifs is 2. The molecule has 0 aromatic heterocycles. The van der Waals surface area contributed by atoms with Crippen LogP contribution >= 0.6 is 0 Å². The maximum absolute atomic E-state index is 13.4. The van der Waals surface area contributed by atoms with Gasteiger partial charge in [-0.1, -0.05) is 12.1 Å². The standard InChI is InChI=1S/C26H28O10/c1-11-21(29)16(27)8-17(36-11)13-6-7-15-20(23(13)31)25(33)14-5-4-12(22(30)19(14)24(15)32)9-26(2,34)10-18(28)35-3/h4-7,11,16-17,21,27,29-31,34H,8-10H2,1-3H3/t11-,16+,17-,21-,26-/m1/s1. The molecule has 1 aliphatic carbocycles. The average Bonchev–Trinajstić information content (AvgIpc) is 2.81. The van der Waals surface area contributed by atoms with Crippen molar-refractivity contribution in [1.82, 2.24) is 0 Å². The third-order valence-electron chi connectivity index (χ3n) is 6.79. The molecule has 1 fully saturated rings. The molecule has 0 radical (unpaired) electrons. The fourth-order valence-electron chi connectivity index (χ4n) is 4.87. The summed E-state index contributed by atoms with van der Waals surface area (Å²) in [6.45, 7) is 2.96. The molecule has 0 saturated carbocycles. The smallest absolute Gasteiger partial charge is 0.308 e. The van der Waals surface area contributed by atoms with E-state index in [0.29, 0.717) is 0 Å². The van der Waals surface area contributed by atoms with Crippen molar-refractivity contribution in [2.45, 2.75) is 63.1 Å². The van der Waals surface area contributed by atoms with Gasteiger partial charge in [0, 0.05) is 29.5 Å². The SMILES string of the molecule is COC(=O)C[C@](C)(O)Cc1ccc2c(c1O)C(=O)c1ccc([C@H]3C[C@H](O)[C@H](O)[C@@H](C)O3)c(O)c1C2=O. The van der Waals surface area contributed by atoms with E-state index in [4.69, 9.17) is 4.74 Å². The van der Waals surface area contributed by atoms with Gasteiger partial charge in [-0.25, -0.2) is 0 Å². The van der Waals surface area contributed by atoms with Crippen LogP contribution in [0.5, 0.6) is 11.5 Å². The van der Waals surface area contributed by atoms with Gasteiger partial charge in [-0.2, -0.15) is 0 Å². The van der Waals surface area contributed by atoms with E-state index in [-0.39, 0.29) is 52.6 Å². The van der Waals surface area contributed by atoms with E-state index >= 15 is 0 Å². The molecule has 192 valence electrons. The first-order valence-electron chi connectivity index (χ1n) is 11.5. The summed E-state index contributed by atoms with van der Waals surface area (Å²) in [4.78, 5) is 38.3. The Morgan fingerprint density at radius 2 is 1.64 bits per heavy atom. The highest BCUT2D eigenvalue weighted by Crippen LogP contribution is 2.43. The van der Waals surface area contributed by atoms with Crippen molar-refractivity contribution < 1.29 is 49.4 Å². The molecule has 0 unspecified atom stereocenters. The van der Waals surface area contributed by atoms with Crippen molar-refractivity contribution in [3.8, 4) is 11.5 Å². The lowest BCUT2D eigenvalue weighted by Crippen LogP contribution is -2.44. The number of rotatable bonds is 5. The Labute approximate surface area is 206 Å². The molecule has 4 rings (SSSR count). The van der Waals surface area contributed by atoms with Crippen LogP contribution in [0.1, 0.15) is 75.8 Å². The van der Waals surface area contributed by atoms with Gasteiger partial charge < -0.3 is 35.0 Å². The molecule has 0 bridgehead atoms. The van der Waals surface area contributed by atoms with E-state index in [2.05, 4.69) is 4.74 Å². The van der Waals surface area contributed by atoms with E-state index < -0.39 is 59.1 Å². The molecule has 0 spiro atoms. The fourth-order valence-corrected chi connectivity index (χ4v) is 4.87. The summed E-state index contributed by atoms with van der Waals surface area (Å²) in [5.74, 6) is -3.00. The molecule has 10 heteroatoms. The summed E-state index contributed by atoms with van der Waals surface area (Å²) in [6.07, 6.45) is -4.29. The maximum atomic E-state index is 13.4. The Balaban J connectivity index is 1.71. The molecule has 1 aliphatic heterocycles. The van der Waals surface area contributed by atoms with Gasteiger partial charge in [0.15, 0.2) is 11.6 Å². The molecule has 2 aliphatic rings. The van der Waals surface area contributed by atoms with Crippen LogP contribution in [0.2, 0.25) is 0 Å². The molecule has 1 saturated heterocycles. The number of hydrogen-bond acceptors (Lipinski definition) is 10. The second kappa shape index (κ2) is 9.29. The van der Waals surface area contributed by atoms with E-state index in [0.717, 1.165) is 0 Å². The number of esters is 1. The summed E-state index contributed by atoms with van der Waals surface area (Å²) in [7, 11) is 1.18. The molecule has 5 atom stereocenters. The lowest BCUT2D eigenvalue weighted by atomic mass is 9.79. The number of ether oxygens (including phenoxy) is 2. The molecule has 2 aromatic carbocycles. The van der Waals surface area contributed by atoms with Gasteiger partial charge in [0.25, 0.3) is 0 Å². The minimum Gasteiger partial charge on any atom is -0.507 e. The number of phenols is 2. The number of aliphatic hydroxyl groups excluding tert-OH is 2. The van der Waals surface area contributed by atoms with Gasteiger partial charge in [0.05, 0.1) is 48.6 Å². The first-order chi connectivity index (χ1) is 16.9. The van der Waals surface area contributed by atoms with Crippen LogP contribution in [0.4, 0.5) is 0 Å². The Hall–Kier alpha value is -3.31. The number of carbonyl (C=O) groups is 3. The predicted octanol–water partition coefficient (Wildman–Crippen LogP) is 1.30. The highest BCUT2D eigenvalue weighted by molar-refractivity contribution is 6.30. The molecule has 1 heterocycles. The fraction of sp³-hybridized carbons (Fsp3) is 0.423. The lowest BCUT2D eigenvalue weighted by Gasteiger charge is -2.36. The molecule has 10 nitrogen and oxygen atoms in total. The first-order valence-corrected chi connectivity index (χ1v) is 11.5. The number of hydrogen-bond donors (Lipinski definition) is 5. The number of methoxy groups -OCH3 is 1. The molecule has 0 amide bonds. The first kappa shape index (κ1) is 25.8. The summed E-state index contributed by atoms with van der Waals surface area (Å²) in [5, 5.41) is 52.5. The maximum Gasteiger partial charge on any atom is 0.308 e. The van der Waals surface area contributed by atoms with Crippen molar-refractivity contribution >= 4 is 17.5 Å². The van der Waals surface area contributed by atoms with E-state index in [1.54, 1.807) is 6.92 Å². The van der Waals surface area contributed by atoms with Crippen LogP contribution in [-0.4, -0.2) is 74.1 Å². The van der Waals surface area contributed by atoms with Gasteiger partial charge in [-0.3, -0.25) is 14.4 Å². The van der Waals surface area contributed by atoms with Crippen LogP contribution in [0.15, 0.2) is 24.3 Å². The highest BCUT2D eigenvalue weighted by atomic mass is 16.5. The van der Waals surface area contributed by atoms with Crippen molar-refractivity contribution in [2.75, 3.05) is 7.11 Å². The Bertz CT molecular complexity index is 1240. The van der Waals surface area contributed by atoms with Crippen LogP contribution < -0.4 is 0 Å². The Kier molecular flexibility index (Phi) is 6.65. The van der Waals surface area contributed by atoms with Crippen LogP contribution in [-0.2, 0) is 20.7 Å². The van der Waals surface area contributed by atoms with Gasteiger partial charge in [0.1, 0.15) is 17.6 Å². The van der Waals surface area contributed by atoms with Crippen molar-refractivity contribution in [1.29, 1.82) is 0 Å². The third kappa shape index (κ3) is 4.37. The highest BCUT2D eigenvalue weighted by Gasteiger charge is 2.40. The van der Waals surface area contributed by atoms with Crippen LogP contribution in [0.3, 0.4) is 0 Å². The van der Waals surface area contributed by atoms with Gasteiger partial charge in [-0.15, -0.1) is 0 Å². The number of ketones is 2. The molecule has 36 heavy (non-hydrogen) atoms. The van der Waals surface area contributed by atoms with E-state index in [1.807, 2.05) is 0 Å². The van der Waals surface area contributed by atoms with Crippen molar-refractivity contribution in [3.05, 3.63) is 57.6 Å². The zero-order valence-electron chi connectivity index (χ0n) is 20.0. The van der Waals surface area contributed by atoms with E-state index in [9.17, 15) is 39.9 Å². The number of aromatic hydroxyl groups is 2. The summed E-state index contributed by atoms with van der Waals surface area (Å²) < 4.78 is 10.3. The zero-order valence-corrected chi connectivity index (χ0v) is 20.0. The second-order valence-corrected chi connectivity index (χ2v) is 9.63. The number of carbonyl (C=O) groups excluding carboxylic acids is 3. The van der Waals surface area contributed by atoms with E-state index in [1.165, 1.54) is 38.3 Å². The summed E-state index contributed by atoms with van der Waals surface area (Å²) in [6, 6.07) is 5.46. The van der Waals surface area contributed by atoms with Gasteiger partial charge in [-0.05, 0) is 31.5 Å². The number of phenolic OH excluding ortho intramolecular Hbond substituents is 2. The Morgan fingerprint density at radius 1 is 1.06 bits per heavy atom. The minimum atomic E-state index is -1.58. The summed E-state index contributed by atoms with van der Waals surface area (Å²) in [5.41, 5.74) is -1.98. The molecular formula is C26H28O10. The van der Waals surface area contributed by atoms with Gasteiger partial charge in [0.2, 0.25) is 0 Å². The molecule has 2 aromatic rings. The van der Waals surface area contributed by atoms with Gasteiger partial charge >= 0.3 is 5.97 Å². The number of aliphatic hydroxyl groups is 3. The third-order valence-corrected chi connectivity index (χ3v) is 6.79. The number of benzene rings is 2. The second-order valence-electron chi connectivity index (χ2n) is 9.63. The summed E-state index contributed by atoms with van der Waals surface area (Å²) >= 11 is 0. The predicted molar refractivity (Wildman–Crippen MR) is 124 cm³/mol. The van der Waals surface area contributed by atoms with Crippen LogP contribution in [0.25, 0.3) is 0 Å². The van der Waals surface area contributed by atoms with Crippen molar-refractivity contribution in [2.24, 2.45) is 0 Å². The largest absolute Gasteiger partial charge is 0.507 e. The van der Waals surface area contributed by atoms with Crippen LogP contribution in [0, 0.1) is 0 Å². The van der Waals surface area contributed by atoms with Crippen molar-refractivity contribution in [3.63, 3.8) is 0 Å². The zero-order chi connectivity index (χ0) is 26.5. The minimum absolute atomic E-state index is 0.0216. The normalized spacial score (nSPS) is 25.1. The monoisotopic (exact) mass is 500 g/mol. The average molecular weight is 501 g/mol. The Morgan fingerprint density at radius 3 is 2.22 bits per heavy atom. The quantitative estimate of drug-likeness (QED) is 0.322. The lowest BCUT2D eigenvalue weighted by molar-refractivity contribution is -0.163. The molecule has 5 N–H and O–H groups in total. The topological polar surface area (TPSA) is 171 Å². The molecular weight excluding hydrogens is 472 g/mol.